The number of carbonyl (C=O) groups excluding carboxylic acids is 1. The maximum atomic E-state index is 12.1. The van der Waals surface area contributed by atoms with Gasteiger partial charge in [0, 0.05) is 6.21 Å². The Morgan fingerprint density at radius 3 is 2.54 bits per heavy atom. The molecule has 0 heterocycles. The van der Waals surface area contributed by atoms with E-state index in [1.807, 2.05) is 48.5 Å². The third-order valence-corrected chi connectivity index (χ3v) is 3.92. The molecule has 0 atom stereocenters. The normalized spacial score (nSPS) is 11.0. The van der Waals surface area contributed by atoms with Crippen LogP contribution in [0.3, 0.4) is 0 Å². The van der Waals surface area contributed by atoms with Crippen LogP contribution in [0.5, 0.6) is 0 Å². The number of nitrogens with zero attached hydrogens (tertiary/aromatic N) is 1. The van der Waals surface area contributed by atoms with E-state index in [9.17, 15) is 4.79 Å². The number of amides is 1. The fourth-order valence-electron chi connectivity index (χ4n) is 2.72. The Morgan fingerprint density at radius 2 is 1.67 bits per heavy atom. The molecule has 24 heavy (non-hydrogen) atoms. The highest BCUT2D eigenvalue weighted by atomic mass is 16.2. The van der Waals surface area contributed by atoms with Crippen LogP contribution in [-0.2, 0) is 17.6 Å². The van der Waals surface area contributed by atoms with Gasteiger partial charge in [-0.1, -0.05) is 72.8 Å². The summed E-state index contributed by atoms with van der Waals surface area (Å²) in [5, 5.41) is 6.30. The molecular formula is C21H20N2O. The molecule has 0 saturated carbocycles. The summed E-state index contributed by atoms with van der Waals surface area (Å²) in [6, 6.07) is 24.4. The van der Waals surface area contributed by atoms with Gasteiger partial charge in [0.25, 0.3) is 0 Å². The Kier molecular flexibility index (Phi) is 5.36. The van der Waals surface area contributed by atoms with Crippen molar-refractivity contribution in [1.29, 1.82) is 0 Å². The van der Waals surface area contributed by atoms with Crippen molar-refractivity contribution < 1.29 is 4.79 Å². The fourth-order valence-corrected chi connectivity index (χ4v) is 2.72. The van der Waals surface area contributed by atoms with E-state index in [-0.39, 0.29) is 5.91 Å². The summed E-state index contributed by atoms with van der Waals surface area (Å²) in [5.41, 5.74) is 4.90. The second-order valence-electron chi connectivity index (χ2n) is 5.69. The molecule has 120 valence electrons. The first-order valence-corrected chi connectivity index (χ1v) is 8.14. The number of nitrogens with one attached hydrogen (secondary N) is 1. The molecule has 3 aromatic carbocycles. The summed E-state index contributed by atoms with van der Waals surface area (Å²) in [5.74, 6) is -0.0951. The van der Waals surface area contributed by atoms with Crippen LogP contribution in [0.15, 0.2) is 77.9 Å². The van der Waals surface area contributed by atoms with Gasteiger partial charge in [-0.05, 0) is 34.7 Å². The SMILES string of the molecule is O=C(Cc1cccc2ccccc12)N/N=C/CCc1ccccc1. The van der Waals surface area contributed by atoms with Crippen LogP contribution in [0.4, 0.5) is 0 Å². The van der Waals surface area contributed by atoms with Gasteiger partial charge >= 0.3 is 0 Å². The third kappa shape index (κ3) is 4.29. The van der Waals surface area contributed by atoms with E-state index in [1.165, 1.54) is 5.56 Å². The number of hydrogen-bond acceptors (Lipinski definition) is 2. The van der Waals surface area contributed by atoms with Crippen molar-refractivity contribution in [1.82, 2.24) is 5.43 Å². The average molecular weight is 316 g/mol. The van der Waals surface area contributed by atoms with Gasteiger partial charge < -0.3 is 0 Å². The summed E-state index contributed by atoms with van der Waals surface area (Å²) in [4.78, 5) is 12.1. The molecule has 0 spiro atoms. The molecule has 1 N–H and O–H groups in total. The molecule has 0 aliphatic heterocycles. The Morgan fingerprint density at radius 1 is 0.917 bits per heavy atom. The zero-order valence-corrected chi connectivity index (χ0v) is 13.5. The van der Waals surface area contributed by atoms with E-state index in [4.69, 9.17) is 0 Å². The van der Waals surface area contributed by atoms with Crippen LogP contribution >= 0.6 is 0 Å². The van der Waals surface area contributed by atoms with Crippen LogP contribution in [0.25, 0.3) is 10.8 Å². The van der Waals surface area contributed by atoms with Crippen LogP contribution in [0.1, 0.15) is 17.5 Å². The highest BCUT2D eigenvalue weighted by Gasteiger charge is 2.05. The second kappa shape index (κ2) is 8.06. The first-order valence-electron chi connectivity index (χ1n) is 8.14. The van der Waals surface area contributed by atoms with Gasteiger partial charge in [0.1, 0.15) is 0 Å². The molecule has 3 heteroatoms. The molecule has 0 aliphatic carbocycles. The number of fused-ring (bicyclic) bond motifs is 1. The van der Waals surface area contributed by atoms with Gasteiger partial charge in [-0.3, -0.25) is 4.79 Å². The molecule has 3 nitrogen and oxygen atoms in total. The summed E-state index contributed by atoms with van der Waals surface area (Å²) < 4.78 is 0. The molecule has 0 unspecified atom stereocenters. The van der Waals surface area contributed by atoms with Crippen LogP contribution in [0.2, 0.25) is 0 Å². The minimum Gasteiger partial charge on any atom is -0.273 e. The molecule has 0 bridgehead atoms. The average Bonchev–Trinajstić information content (AvgIpc) is 2.63. The van der Waals surface area contributed by atoms with E-state index in [0.29, 0.717) is 6.42 Å². The zero-order valence-electron chi connectivity index (χ0n) is 13.5. The molecule has 1 amide bonds. The van der Waals surface area contributed by atoms with E-state index < -0.39 is 0 Å². The van der Waals surface area contributed by atoms with Crippen molar-refractivity contribution >= 4 is 22.9 Å². The van der Waals surface area contributed by atoms with Crippen molar-refractivity contribution in [3.8, 4) is 0 Å². The molecule has 0 saturated heterocycles. The van der Waals surface area contributed by atoms with Crippen molar-refractivity contribution in [2.75, 3.05) is 0 Å². The number of benzene rings is 3. The Labute approximate surface area is 142 Å². The summed E-state index contributed by atoms with van der Waals surface area (Å²) in [6.45, 7) is 0. The van der Waals surface area contributed by atoms with Crippen LogP contribution < -0.4 is 5.43 Å². The Hall–Kier alpha value is -2.94. The number of hydrazone groups is 1. The van der Waals surface area contributed by atoms with Crippen molar-refractivity contribution in [3.05, 3.63) is 83.9 Å². The molecule has 0 aromatic heterocycles. The summed E-state index contributed by atoms with van der Waals surface area (Å²) in [7, 11) is 0. The minimum atomic E-state index is -0.0951. The number of hydrogen-bond donors (Lipinski definition) is 1. The van der Waals surface area contributed by atoms with E-state index in [2.05, 4.69) is 34.8 Å². The van der Waals surface area contributed by atoms with Crippen molar-refractivity contribution in [3.63, 3.8) is 0 Å². The number of rotatable bonds is 6. The predicted octanol–water partition coefficient (Wildman–Crippen LogP) is 4.12. The standard InChI is InChI=1S/C21H20N2O/c24-21(23-22-15-7-10-17-8-2-1-3-9-17)16-19-13-6-12-18-11-4-5-14-20(18)19/h1-6,8-9,11-15H,7,10,16H2,(H,23,24)/b22-15+. The molecule has 0 fully saturated rings. The molecule has 3 rings (SSSR count). The monoisotopic (exact) mass is 316 g/mol. The largest absolute Gasteiger partial charge is 0.273 e. The first kappa shape index (κ1) is 15.9. The molecular weight excluding hydrogens is 296 g/mol. The van der Waals surface area contributed by atoms with E-state index >= 15 is 0 Å². The maximum absolute atomic E-state index is 12.1. The Balaban J connectivity index is 1.51. The van der Waals surface area contributed by atoms with Gasteiger partial charge in [0.15, 0.2) is 0 Å². The van der Waals surface area contributed by atoms with Gasteiger partial charge in [-0.15, -0.1) is 0 Å². The molecule has 0 aliphatic rings. The predicted molar refractivity (Wildman–Crippen MR) is 99.0 cm³/mol. The van der Waals surface area contributed by atoms with Crippen molar-refractivity contribution in [2.24, 2.45) is 5.10 Å². The maximum Gasteiger partial charge on any atom is 0.244 e. The fraction of sp³-hybridized carbons (Fsp3) is 0.143. The van der Waals surface area contributed by atoms with Crippen molar-refractivity contribution in [2.45, 2.75) is 19.3 Å². The van der Waals surface area contributed by atoms with E-state index in [1.54, 1.807) is 6.21 Å². The molecule has 3 aromatic rings. The lowest BCUT2D eigenvalue weighted by atomic mass is 10.0. The lowest BCUT2D eigenvalue weighted by Gasteiger charge is -2.05. The van der Waals surface area contributed by atoms with Gasteiger partial charge in [0.2, 0.25) is 5.91 Å². The second-order valence-corrected chi connectivity index (χ2v) is 5.69. The third-order valence-electron chi connectivity index (χ3n) is 3.92. The van der Waals surface area contributed by atoms with Gasteiger partial charge in [-0.2, -0.15) is 5.10 Å². The smallest absolute Gasteiger partial charge is 0.244 e. The lowest BCUT2D eigenvalue weighted by Crippen LogP contribution is -2.19. The summed E-state index contributed by atoms with van der Waals surface area (Å²) in [6.07, 6.45) is 3.81. The van der Waals surface area contributed by atoms with Gasteiger partial charge in [-0.25, -0.2) is 5.43 Å². The number of aryl methyl sites for hydroxylation is 1. The van der Waals surface area contributed by atoms with Crippen LogP contribution in [-0.4, -0.2) is 12.1 Å². The Bertz CT molecular complexity index is 835. The highest BCUT2D eigenvalue weighted by Crippen LogP contribution is 2.18. The number of carbonyl (C=O) groups is 1. The highest BCUT2D eigenvalue weighted by molar-refractivity contribution is 5.90. The summed E-state index contributed by atoms with van der Waals surface area (Å²) >= 11 is 0. The van der Waals surface area contributed by atoms with Crippen LogP contribution in [0, 0.1) is 0 Å². The quantitative estimate of drug-likeness (QED) is 0.539. The van der Waals surface area contributed by atoms with E-state index in [0.717, 1.165) is 29.2 Å². The topological polar surface area (TPSA) is 41.5 Å². The molecule has 0 radical (unpaired) electrons. The zero-order chi connectivity index (χ0) is 16.6. The minimum absolute atomic E-state index is 0.0951. The van der Waals surface area contributed by atoms with Gasteiger partial charge in [0.05, 0.1) is 6.42 Å². The lowest BCUT2D eigenvalue weighted by molar-refractivity contribution is -0.120. The first-order chi connectivity index (χ1) is 11.8.